The van der Waals surface area contributed by atoms with Gasteiger partial charge in [-0.3, -0.25) is 19.2 Å². The third-order valence-electron chi connectivity index (χ3n) is 5.76. The van der Waals surface area contributed by atoms with Gasteiger partial charge < -0.3 is 16.0 Å². The number of rotatable bonds is 13. The van der Waals surface area contributed by atoms with Crippen molar-refractivity contribution >= 4 is 35.1 Å². The van der Waals surface area contributed by atoms with Crippen LogP contribution < -0.4 is 16.0 Å². The van der Waals surface area contributed by atoms with Crippen molar-refractivity contribution in [1.82, 2.24) is 16.0 Å². The topological polar surface area (TPSA) is 104 Å². The zero-order chi connectivity index (χ0) is 30.1. The van der Waals surface area contributed by atoms with Gasteiger partial charge in [-0.2, -0.15) is 22.0 Å². The summed E-state index contributed by atoms with van der Waals surface area (Å²) in [6, 6.07) is 12.0. The molecule has 0 fully saturated rings. The smallest absolute Gasteiger partial charge is 0.344 e. The van der Waals surface area contributed by atoms with Crippen molar-refractivity contribution < 1.29 is 41.1 Å². The minimum Gasteiger partial charge on any atom is -0.344 e. The van der Waals surface area contributed by atoms with E-state index in [-0.39, 0.29) is 12.8 Å². The highest BCUT2D eigenvalue weighted by Crippen LogP contribution is 2.22. The van der Waals surface area contributed by atoms with Gasteiger partial charge >= 0.3 is 12.1 Å². The molecule has 3 N–H and O–H groups in total. The number of nitrogens with one attached hydrogen (secondary N) is 3. The Labute approximate surface area is 232 Å². The highest BCUT2D eigenvalue weighted by atomic mass is 35.5. The molecule has 7 nitrogen and oxygen atoms in total. The van der Waals surface area contributed by atoms with Crippen LogP contribution in [0.25, 0.3) is 0 Å². The van der Waals surface area contributed by atoms with Gasteiger partial charge in [0.2, 0.25) is 17.6 Å². The standard InChI is InChI=1S/C27H29ClF5N3O4/c1-16(2)22(23(38)27(32,33)25(40)34-15-26(29,30)31)36-24(39)20(14-17-7-4-3-5-8-17)35-21(37)12-11-18-9-6-10-19(28)13-18/h3-10,13,16,20,22H,11-12,14-15H2,1-2H3,(H,34,40)(H,35,37)(H,36,39)/t20?,22-/m0/s1. The van der Waals surface area contributed by atoms with E-state index < -0.39 is 60.1 Å². The van der Waals surface area contributed by atoms with Gasteiger partial charge in [-0.15, -0.1) is 0 Å². The van der Waals surface area contributed by atoms with Gasteiger partial charge in [0.15, 0.2) is 0 Å². The molecule has 2 aromatic rings. The minimum atomic E-state index is -4.98. The largest absolute Gasteiger partial charge is 0.405 e. The molecule has 0 aromatic heterocycles. The predicted molar refractivity (Wildman–Crippen MR) is 138 cm³/mol. The molecule has 0 radical (unpaired) electrons. The van der Waals surface area contributed by atoms with E-state index in [1.54, 1.807) is 54.6 Å². The lowest BCUT2D eigenvalue weighted by molar-refractivity contribution is -0.165. The summed E-state index contributed by atoms with van der Waals surface area (Å²) in [5.74, 6) is -11.9. The molecule has 1 unspecified atom stereocenters. The van der Waals surface area contributed by atoms with Crippen molar-refractivity contribution in [3.8, 4) is 0 Å². The summed E-state index contributed by atoms with van der Waals surface area (Å²) in [5, 5.41) is 6.17. The summed E-state index contributed by atoms with van der Waals surface area (Å²) in [6.45, 7) is 0.554. The van der Waals surface area contributed by atoms with Crippen LogP contribution in [0, 0.1) is 5.92 Å². The highest BCUT2D eigenvalue weighted by Gasteiger charge is 2.52. The molecule has 0 bridgehead atoms. The Bertz CT molecular complexity index is 1190. The molecular formula is C27H29ClF5N3O4. The molecule has 2 atom stereocenters. The van der Waals surface area contributed by atoms with Crippen LogP contribution in [0.15, 0.2) is 54.6 Å². The molecule has 0 aliphatic carbocycles. The quantitative estimate of drug-likeness (QED) is 0.242. The van der Waals surface area contributed by atoms with Crippen LogP contribution in [0.1, 0.15) is 31.4 Å². The predicted octanol–water partition coefficient (Wildman–Crippen LogP) is 4.02. The molecule has 0 heterocycles. The Kier molecular flexibility index (Phi) is 11.6. The van der Waals surface area contributed by atoms with Crippen molar-refractivity contribution in [3.05, 3.63) is 70.7 Å². The van der Waals surface area contributed by atoms with E-state index in [4.69, 9.17) is 11.6 Å². The van der Waals surface area contributed by atoms with E-state index in [2.05, 4.69) is 10.6 Å². The number of amides is 3. The Hall–Kier alpha value is -3.54. The monoisotopic (exact) mass is 589 g/mol. The number of aryl methyl sites for hydroxylation is 1. The zero-order valence-electron chi connectivity index (χ0n) is 21.7. The lowest BCUT2D eigenvalue weighted by Gasteiger charge is -2.27. The molecule has 0 aliphatic rings. The third-order valence-corrected chi connectivity index (χ3v) is 5.99. The lowest BCUT2D eigenvalue weighted by Crippen LogP contribution is -2.59. The summed E-state index contributed by atoms with van der Waals surface area (Å²) >= 11 is 5.96. The van der Waals surface area contributed by atoms with Crippen LogP contribution in [-0.2, 0) is 32.0 Å². The van der Waals surface area contributed by atoms with E-state index in [0.29, 0.717) is 17.0 Å². The van der Waals surface area contributed by atoms with Crippen molar-refractivity contribution in [2.45, 2.75) is 57.3 Å². The molecule has 218 valence electrons. The Morgan fingerprint density at radius 1 is 0.875 bits per heavy atom. The first-order valence-electron chi connectivity index (χ1n) is 12.3. The van der Waals surface area contributed by atoms with Gasteiger partial charge in [-0.25, -0.2) is 0 Å². The number of hydrogen-bond donors (Lipinski definition) is 3. The highest BCUT2D eigenvalue weighted by molar-refractivity contribution is 6.30. The van der Waals surface area contributed by atoms with E-state index in [0.717, 1.165) is 10.9 Å². The maximum atomic E-state index is 14.5. The number of benzene rings is 2. The lowest BCUT2D eigenvalue weighted by atomic mass is 9.94. The maximum absolute atomic E-state index is 14.5. The van der Waals surface area contributed by atoms with Crippen molar-refractivity contribution in [3.63, 3.8) is 0 Å². The second-order valence-corrected chi connectivity index (χ2v) is 9.84. The van der Waals surface area contributed by atoms with Crippen LogP contribution in [0.2, 0.25) is 5.02 Å². The molecule has 3 amide bonds. The molecule has 0 spiro atoms. The number of hydrogen-bond acceptors (Lipinski definition) is 4. The van der Waals surface area contributed by atoms with Gasteiger partial charge in [0.05, 0.1) is 6.04 Å². The second kappa shape index (κ2) is 14.2. The summed E-state index contributed by atoms with van der Waals surface area (Å²) < 4.78 is 66.2. The normalized spacial score (nSPS) is 13.3. The zero-order valence-corrected chi connectivity index (χ0v) is 22.4. The van der Waals surface area contributed by atoms with Gasteiger partial charge in [-0.1, -0.05) is 67.9 Å². The minimum absolute atomic E-state index is 0.0388. The Morgan fingerprint density at radius 2 is 1.50 bits per heavy atom. The van der Waals surface area contributed by atoms with Gasteiger partial charge in [0.1, 0.15) is 12.6 Å². The molecule has 0 aliphatic heterocycles. The first-order chi connectivity index (χ1) is 18.6. The Morgan fingerprint density at radius 3 is 2.08 bits per heavy atom. The summed E-state index contributed by atoms with van der Waals surface area (Å²) in [7, 11) is 0. The number of ketones is 1. The van der Waals surface area contributed by atoms with Crippen molar-refractivity contribution in [2.75, 3.05) is 6.54 Å². The summed E-state index contributed by atoms with van der Waals surface area (Å²) in [6.07, 6.45) is -4.78. The average molecular weight is 590 g/mol. The molecule has 0 saturated carbocycles. The number of halogens is 6. The van der Waals surface area contributed by atoms with Gasteiger partial charge in [0, 0.05) is 17.9 Å². The van der Waals surface area contributed by atoms with E-state index >= 15 is 0 Å². The maximum Gasteiger partial charge on any atom is 0.405 e. The fraction of sp³-hybridized carbons (Fsp3) is 0.407. The van der Waals surface area contributed by atoms with Gasteiger partial charge in [0.25, 0.3) is 5.91 Å². The van der Waals surface area contributed by atoms with Crippen LogP contribution >= 0.6 is 11.6 Å². The average Bonchev–Trinajstić information content (AvgIpc) is 2.88. The number of carbonyl (C=O) groups is 4. The first-order valence-corrected chi connectivity index (χ1v) is 12.6. The van der Waals surface area contributed by atoms with E-state index in [9.17, 15) is 41.1 Å². The molecule has 13 heteroatoms. The summed E-state index contributed by atoms with van der Waals surface area (Å²) in [4.78, 5) is 50.2. The molecule has 2 rings (SSSR count). The Balaban J connectivity index is 2.19. The molecule has 2 aromatic carbocycles. The second-order valence-electron chi connectivity index (χ2n) is 9.41. The van der Waals surface area contributed by atoms with Crippen LogP contribution in [-0.4, -0.2) is 54.2 Å². The molecular weight excluding hydrogens is 561 g/mol. The number of carbonyl (C=O) groups excluding carboxylic acids is 4. The van der Waals surface area contributed by atoms with Crippen molar-refractivity contribution in [2.24, 2.45) is 5.92 Å². The van der Waals surface area contributed by atoms with Crippen LogP contribution in [0.3, 0.4) is 0 Å². The third kappa shape index (κ3) is 10.2. The van der Waals surface area contributed by atoms with Gasteiger partial charge in [-0.05, 0) is 35.6 Å². The molecule has 0 saturated heterocycles. The molecule has 40 heavy (non-hydrogen) atoms. The van der Waals surface area contributed by atoms with Crippen LogP contribution in [0.5, 0.6) is 0 Å². The number of Topliss-reactive ketones (excluding diaryl/α,β-unsaturated/α-hetero) is 1. The van der Waals surface area contributed by atoms with E-state index in [1.807, 2.05) is 0 Å². The fourth-order valence-corrected chi connectivity index (χ4v) is 3.88. The first kappa shape index (κ1) is 32.7. The fourth-order valence-electron chi connectivity index (χ4n) is 3.66. The van der Waals surface area contributed by atoms with Crippen molar-refractivity contribution in [1.29, 1.82) is 0 Å². The number of alkyl halides is 5. The van der Waals surface area contributed by atoms with E-state index in [1.165, 1.54) is 13.8 Å². The SMILES string of the molecule is CC(C)[C@H](NC(=O)C(Cc1ccccc1)NC(=O)CCc1cccc(Cl)c1)C(=O)C(F)(F)C(=O)NCC(F)(F)F. The van der Waals surface area contributed by atoms with Crippen LogP contribution in [0.4, 0.5) is 22.0 Å². The summed E-state index contributed by atoms with van der Waals surface area (Å²) in [5.41, 5.74) is 1.38.